The van der Waals surface area contributed by atoms with E-state index in [0.717, 1.165) is 16.3 Å². The first kappa shape index (κ1) is 16.8. The van der Waals surface area contributed by atoms with Gasteiger partial charge in [0.2, 0.25) is 0 Å². The summed E-state index contributed by atoms with van der Waals surface area (Å²) in [6.45, 7) is 0. The van der Waals surface area contributed by atoms with Gasteiger partial charge in [0.05, 0.1) is 12.5 Å². The van der Waals surface area contributed by atoms with Crippen LogP contribution in [0, 0.1) is 0 Å². The van der Waals surface area contributed by atoms with Crippen LogP contribution in [0.25, 0.3) is 10.8 Å². The average molecular weight is 374 g/mol. The van der Waals surface area contributed by atoms with Crippen molar-refractivity contribution in [2.45, 2.75) is 37.9 Å². The second-order valence-corrected chi connectivity index (χ2v) is 7.00. The number of hydrogen-bond acceptors (Lipinski definition) is 3. The van der Waals surface area contributed by atoms with Gasteiger partial charge >= 0.3 is 5.97 Å². The van der Waals surface area contributed by atoms with Crippen LogP contribution in [0.5, 0.6) is 0 Å². The Labute approximate surface area is 149 Å². The van der Waals surface area contributed by atoms with Crippen molar-refractivity contribution in [2.24, 2.45) is 0 Å². The third-order valence-electron chi connectivity index (χ3n) is 4.06. The summed E-state index contributed by atoms with van der Waals surface area (Å²) >= 11 is 18.7. The molecule has 2 atom stereocenters. The van der Waals surface area contributed by atoms with E-state index in [1.165, 1.54) is 0 Å². The van der Waals surface area contributed by atoms with E-state index < -0.39 is 6.10 Å². The largest absolute Gasteiger partial charge is 0.462 e. The predicted octanol–water partition coefficient (Wildman–Crippen LogP) is 4.80. The highest BCUT2D eigenvalue weighted by molar-refractivity contribution is 6.40. The summed E-state index contributed by atoms with van der Waals surface area (Å²) in [5.74, 6) is -0.358. The van der Waals surface area contributed by atoms with Gasteiger partial charge < -0.3 is 9.84 Å². The summed E-state index contributed by atoms with van der Waals surface area (Å²) in [7, 11) is 0. The van der Waals surface area contributed by atoms with Gasteiger partial charge in [-0.2, -0.15) is 0 Å². The van der Waals surface area contributed by atoms with E-state index in [2.05, 4.69) is 0 Å². The van der Waals surface area contributed by atoms with Gasteiger partial charge in [0.25, 0.3) is 0 Å². The summed E-state index contributed by atoms with van der Waals surface area (Å²) in [6.07, 6.45) is 0.788. The molecule has 0 saturated carbocycles. The molecule has 6 heteroatoms. The minimum absolute atomic E-state index is 0.0662. The Morgan fingerprint density at radius 3 is 2.65 bits per heavy atom. The van der Waals surface area contributed by atoms with Gasteiger partial charge in [0.15, 0.2) is 0 Å². The Balaban J connectivity index is 1.88. The van der Waals surface area contributed by atoms with Crippen molar-refractivity contribution >= 4 is 51.5 Å². The smallest absolute Gasteiger partial charge is 0.308 e. The molecule has 0 amide bonds. The molecule has 0 radical (unpaired) electrons. The number of halogens is 3. The third kappa shape index (κ3) is 3.74. The van der Waals surface area contributed by atoms with Crippen LogP contribution in [0.1, 0.15) is 24.8 Å². The summed E-state index contributed by atoms with van der Waals surface area (Å²) in [5, 5.41) is 13.2. The number of ether oxygens (including phenoxy) is 1. The quantitative estimate of drug-likeness (QED) is 0.786. The van der Waals surface area contributed by atoms with Crippen LogP contribution in [-0.2, 0) is 16.0 Å². The van der Waals surface area contributed by atoms with Gasteiger partial charge in [-0.05, 0) is 42.0 Å². The summed E-state index contributed by atoms with van der Waals surface area (Å²) < 4.78 is 5.28. The van der Waals surface area contributed by atoms with Gasteiger partial charge in [-0.25, -0.2) is 0 Å². The first-order valence-corrected chi connectivity index (χ1v) is 8.51. The third-order valence-corrected chi connectivity index (χ3v) is 4.94. The van der Waals surface area contributed by atoms with E-state index in [1.807, 2.05) is 12.1 Å². The molecule has 1 fully saturated rings. The van der Waals surface area contributed by atoms with Gasteiger partial charge in [-0.15, -0.1) is 0 Å². The zero-order valence-corrected chi connectivity index (χ0v) is 14.5. The maximum absolute atomic E-state index is 11.4. The number of carbonyl (C=O) groups is 1. The second kappa shape index (κ2) is 6.86. The Kier molecular flexibility index (Phi) is 5.02. The molecule has 3 nitrogen and oxygen atoms in total. The molecule has 1 heterocycles. The number of fused-ring (bicyclic) bond motifs is 1. The van der Waals surface area contributed by atoms with E-state index in [-0.39, 0.29) is 18.5 Å². The van der Waals surface area contributed by atoms with E-state index in [0.29, 0.717) is 34.3 Å². The molecule has 1 saturated heterocycles. The Bertz CT molecular complexity index is 760. The number of hydrogen-bond donors (Lipinski definition) is 1. The van der Waals surface area contributed by atoms with Crippen LogP contribution in [0.4, 0.5) is 0 Å². The molecule has 2 aromatic carbocycles. The van der Waals surface area contributed by atoms with Crippen LogP contribution < -0.4 is 0 Å². The number of rotatable bonds is 3. The van der Waals surface area contributed by atoms with E-state index in [9.17, 15) is 9.90 Å². The summed E-state index contributed by atoms with van der Waals surface area (Å²) in [4.78, 5) is 11.4. The van der Waals surface area contributed by atoms with Crippen LogP contribution >= 0.6 is 34.8 Å². The Morgan fingerprint density at radius 2 is 1.91 bits per heavy atom. The monoisotopic (exact) mass is 372 g/mol. The lowest BCUT2D eigenvalue weighted by Gasteiger charge is -2.26. The average Bonchev–Trinajstić information content (AvgIpc) is 2.45. The minimum Gasteiger partial charge on any atom is -0.462 e. The summed E-state index contributed by atoms with van der Waals surface area (Å²) in [5.41, 5.74) is 0.921. The molecule has 0 bridgehead atoms. The molecule has 0 spiro atoms. The maximum Gasteiger partial charge on any atom is 0.308 e. The Hall–Kier alpha value is -1.00. The summed E-state index contributed by atoms with van der Waals surface area (Å²) in [6, 6.07) is 7.21. The van der Waals surface area contributed by atoms with E-state index in [1.54, 1.807) is 12.1 Å². The van der Waals surface area contributed by atoms with Gasteiger partial charge in [-0.3, -0.25) is 4.79 Å². The normalized spacial score (nSPS) is 21.5. The number of aliphatic hydroxyl groups is 1. The van der Waals surface area contributed by atoms with Crippen LogP contribution in [0.15, 0.2) is 24.3 Å². The number of carbonyl (C=O) groups excluding carboxylic acids is 1. The highest BCUT2D eigenvalue weighted by Crippen LogP contribution is 2.35. The van der Waals surface area contributed by atoms with Crippen molar-refractivity contribution in [2.75, 3.05) is 0 Å². The minimum atomic E-state index is -0.631. The van der Waals surface area contributed by atoms with Crippen LogP contribution in [0.2, 0.25) is 15.1 Å². The van der Waals surface area contributed by atoms with Gasteiger partial charge in [0.1, 0.15) is 6.10 Å². The fourth-order valence-corrected chi connectivity index (χ4v) is 3.78. The fourth-order valence-electron chi connectivity index (χ4n) is 2.98. The molecule has 122 valence electrons. The van der Waals surface area contributed by atoms with Crippen molar-refractivity contribution in [1.29, 1.82) is 0 Å². The molecule has 1 N–H and O–H groups in total. The van der Waals surface area contributed by atoms with Crippen molar-refractivity contribution in [3.05, 3.63) is 44.9 Å². The van der Waals surface area contributed by atoms with Crippen molar-refractivity contribution in [1.82, 2.24) is 0 Å². The maximum atomic E-state index is 11.4. The highest BCUT2D eigenvalue weighted by atomic mass is 35.5. The van der Waals surface area contributed by atoms with Crippen molar-refractivity contribution in [3.63, 3.8) is 0 Å². The van der Waals surface area contributed by atoms with Crippen molar-refractivity contribution in [3.8, 4) is 0 Å². The standard InChI is InChI=1S/C17H15Cl3O3/c18-9-1-3-12-14(5-9)13(16(20)8-15(12)19)4-2-11-6-10(21)7-17(22)23-11/h1,3,5,8,10-11,21H,2,4,6-7H2/t10-,11-/m0/s1. The molecule has 1 aliphatic rings. The number of cyclic esters (lactones) is 1. The molecular formula is C17H15Cl3O3. The van der Waals surface area contributed by atoms with Crippen molar-refractivity contribution < 1.29 is 14.6 Å². The highest BCUT2D eigenvalue weighted by Gasteiger charge is 2.27. The Morgan fingerprint density at radius 1 is 1.13 bits per heavy atom. The molecule has 23 heavy (non-hydrogen) atoms. The molecule has 0 aliphatic carbocycles. The van der Waals surface area contributed by atoms with Crippen LogP contribution in [0.3, 0.4) is 0 Å². The second-order valence-electron chi connectivity index (χ2n) is 5.75. The zero-order chi connectivity index (χ0) is 16.6. The van der Waals surface area contributed by atoms with Gasteiger partial charge in [0, 0.05) is 26.9 Å². The van der Waals surface area contributed by atoms with E-state index >= 15 is 0 Å². The number of aliphatic hydroxyl groups excluding tert-OH is 1. The number of esters is 1. The topological polar surface area (TPSA) is 46.5 Å². The predicted molar refractivity (Wildman–Crippen MR) is 92.4 cm³/mol. The molecule has 2 aromatic rings. The first-order valence-electron chi connectivity index (χ1n) is 7.37. The molecule has 0 unspecified atom stereocenters. The van der Waals surface area contributed by atoms with Gasteiger partial charge in [-0.1, -0.05) is 40.9 Å². The lowest BCUT2D eigenvalue weighted by atomic mass is 9.96. The molecular weight excluding hydrogens is 359 g/mol. The SMILES string of the molecule is O=C1C[C@@H](O)C[C@H](CCc2c(Cl)cc(Cl)c3ccc(Cl)cc23)O1. The molecule has 0 aromatic heterocycles. The van der Waals surface area contributed by atoms with Crippen LogP contribution in [-0.4, -0.2) is 23.3 Å². The fraction of sp³-hybridized carbons (Fsp3) is 0.353. The lowest BCUT2D eigenvalue weighted by Crippen LogP contribution is -2.32. The van der Waals surface area contributed by atoms with E-state index in [4.69, 9.17) is 39.5 Å². The lowest BCUT2D eigenvalue weighted by molar-refractivity contribution is -0.160. The molecule has 1 aliphatic heterocycles. The first-order chi connectivity index (χ1) is 10.9. The molecule has 3 rings (SSSR count). The number of benzene rings is 2. The number of aryl methyl sites for hydroxylation is 1. The zero-order valence-electron chi connectivity index (χ0n) is 12.2.